The number of aryl methyl sites for hydroxylation is 1. The molecule has 4 aromatic rings. The van der Waals surface area contributed by atoms with Gasteiger partial charge in [-0.25, -0.2) is 9.50 Å². The average Bonchev–Trinajstić information content (AvgIpc) is 3.04. The number of rotatable bonds is 2. The summed E-state index contributed by atoms with van der Waals surface area (Å²) in [5, 5.41) is 8.12. The fourth-order valence-corrected chi connectivity index (χ4v) is 3.67. The van der Waals surface area contributed by atoms with E-state index in [1.165, 1.54) is 16.7 Å². The molecule has 0 fully saturated rings. The zero-order valence-corrected chi connectivity index (χ0v) is 14.0. The van der Waals surface area contributed by atoms with Crippen LogP contribution in [0.4, 0.5) is 5.69 Å². The fraction of sp³-hybridized carbons (Fsp3) is 0.143. The molecule has 5 rings (SSSR count). The molecule has 2 aromatic carbocycles. The molecule has 1 aliphatic rings. The van der Waals surface area contributed by atoms with Gasteiger partial charge >= 0.3 is 0 Å². The maximum absolute atomic E-state index is 4.59. The van der Waals surface area contributed by atoms with Crippen LogP contribution in [0.15, 0.2) is 67.1 Å². The Morgan fingerprint density at radius 2 is 1.88 bits per heavy atom. The quantitative estimate of drug-likeness (QED) is 0.591. The predicted octanol–water partition coefficient (Wildman–Crippen LogP) is 4.47. The highest BCUT2D eigenvalue weighted by Crippen LogP contribution is 2.40. The van der Waals surface area contributed by atoms with Crippen LogP contribution in [0.25, 0.3) is 16.8 Å². The van der Waals surface area contributed by atoms with E-state index in [4.69, 9.17) is 0 Å². The molecule has 0 radical (unpaired) electrons. The summed E-state index contributed by atoms with van der Waals surface area (Å²) in [5.41, 5.74) is 8.07. The van der Waals surface area contributed by atoms with Crippen molar-refractivity contribution < 1.29 is 0 Å². The molecule has 4 nitrogen and oxygen atoms in total. The number of hydrogen-bond acceptors (Lipinski definition) is 3. The zero-order chi connectivity index (χ0) is 16.8. The van der Waals surface area contributed by atoms with Gasteiger partial charge in [-0.2, -0.15) is 5.10 Å². The Balaban J connectivity index is 1.78. The first kappa shape index (κ1) is 14.2. The van der Waals surface area contributed by atoms with Gasteiger partial charge in [0.25, 0.3) is 0 Å². The minimum atomic E-state index is 0.0734. The molecule has 0 spiro atoms. The summed E-state index contributed by atoms with van der Waals surface area (Å²) in [5.74, 6) is 0. The molecule has 2 aromatic heterocycles. The van der Waals surface area contributed by atoms with Crippen molar-refractivity contribution >= 4 is 11.2 Å². The fourth-order valence-electron chi connectivity index (χ4n) is 3.67. The van der Waals surface area contributed by atoms with E-state index in [1.807, 2.05) is 10.7 Å². The first-order valence-electron chi connectivity index (χ1n) is 8.62. The van der Waals surface area contributed by atoms with Gasteiger partial charge in [-0.3, -0.25) is 0 Å². The van der Waals surface area contributed by atoms with Crippen molar-refractivity contribution in [3.05, 3.63) is 83.8 Å². The SMILES string of the molecule is CCc1ccc(C2Nc3ccccc3-c3ncnn4ccc2c34)cc1. The van der Waals surface area contributed by atoms with Crippen molar-refractivity contribution in [2.24, 2.45) is 0 Å². The van der Waals surface area contributed by atoms with E-state index in [1.54, 1.807) is 6.33 Å². The summed E-state index contributed by atoms with van der Waals surface area (Å²) in [4.78, 5) is 4.59. The highest BCUT2D eigenvalue weighted by molar-refractivity contribution is 5.89. The summed E-state index contributed by atoms with van der Waals surface area (Å²) < 4.78 is 1.93. The molecule has 1 aliphatic heterocycles. The van der Waals surface area contributed by atoms with Gasteiger partial charge in [-0.05, 0) is 29.7 Å². The van der Waals surface area contributed by atoms with Gasteiger partial charge in [0.05, 0.1) is 11.6 Å². The topological polar surface area (TPSA) is 42.2 Å². The normalized spacial score (nSPS) is 15.5. The Bertz CT molecular complexity index is 1060. The lowest BCUT2D eigenvalue weighted by Gasteiger charge is -2.19. The van der Waals surface area contributed by atoms with Crippen molar-refractivity contribution in [1.29, 1.82) is 0 Å². The summed E-state index contributed by atoms with van der Waals surface area (Å²) in [6.07, 6.45) is 4.69. The van der Waals surface area contributed by atoms with Gasteiger partial charge in [0.2, 0.25) is 0 Å². The van der Waals surface area contributed by atoms with E-state index in [0.29, 0.717) is 0 Å². The van der Waals surface area contributed by atoms with Crippen LogP contribution in [0.3, 0.4) is 0 Å². The molecule has 1 unspecified atom stereocenters. The Kier molecular flexibility index (Phi) is 3.10. The molecule has 0 bridgehead atoms. The predicted molar refractivity (Wildman–Crippen MR) is 99.7 cm³/mol. The molecular formula is C21H18N4. The number of fused-ring (bicyclic) bond motifs is 2. The van der Waals surface area contributed by atoms with E-state index < -0.39 is 0 Å². The first-order chi connectivity index (χ1) is 12.3. The lowest BCUT2D eigenvalue weighted by Crippen LogP contribution is -2.11. The Labute approximate surface area is 146 Å². The third-order valence-electron chi connectivity index (χ3n) is 5.00. The van der Waals surface area contributed by atoms with Gasteiger partial charge in [0.1, 0.15) is 12.0 Å². The van der Waals surface area contributed by atoms with E-state index in [2.05, 4.69) is 76.9 Å². The van der Waals surface area contributed by atoms with E-state index in [-0.39, 0.29) is 6.04 Å². The monoisotopic (exact) mass is 326 g/mol. The van der Waals surface area contributed by atoms with Crippen LogP contribution in [0.5, 0.6) is 0 Å². The number of benzene rings is 2. The third kappa shape index (κ3) is 2.14. The zero-order valence-electron chi connectivity index (χ0n) is 14.0. The molecule has 25 heavy (non-hydrogen) atoms. The minimum Gasteiger partial charge on any atom is -0.374 e. The van der Waals surface area contributed by atoms with Crippen molar-refractivity contribution in [1.82, 2.24) is 14.6 Å². The molecule has 0 saturated heterocycles. The second-order valence-corrected chi connectivity index (χ2v) is 6.39. The number of hydrogen-bond donors (Lipinski definition) is 1. The van der Waals surface area contributed by atoms with E-state index in [0.717, 1.165) is 28.9 Å². The Morgan fingerprint density at radius 1 is 1.04 bits per heavy atom. The molecule has 3 heterocycles. The van der Waals surface area contributed by atoms with E-state index in [9.17, 15) is 0 Å². The van der Waals surface area contributed by atoms with Gasteiger partial charge in [0.15, 0.2) is 0 Å². The van der Waals surface area contributed by atoms with Crippen LogP contribution in [0.1, 0.15) is 29.7 Å². The lowest BCUT2D eigenvalue weighted by molar-refractivity contribution is 0.899. The van der Waals surface area contributed by atoms with Crippen molar-refractivity contribution in [3.63, 3.8) is 0 Å². The summed E-state index contributed by atoms with van der Waals surface area (Å²) in [6, 6.07) is 19.4. The number of nitrogens with zero attached hydrogens (tertiary/aromatic N) is 3. The van der Waals surface area contributed by atoms with Crippen LogP contribution in [-0.2, 0) is 6.42 Å². The Hall–Kier alpha value is -3.14. The highest BCUT2D eigenvalue weighted by Gasteiger charge is 2.26. The second-order valence-electron chi connectivity index (χ2n) is 6.39. The molecule has 122 valence electrons. The van der Waals surface area contributed by atoms with Crippen molar-refractivity contribution in [2.75, 3.05) is 5.32 Å². The number of aromatic nitrogens is 3. The molecule has 1 N–H and O–H groups in total. The van der Waals surface area contributed by atoms with Crippen LogP contribution < -0.4 is 5.32 Å². The minimum absolute atomic E-state index is 0.0734. The smallest absolute Gasteiger partial charge is 0.137 e. The molecular weight excluding hydrogens is 308 g/mol. The van der Waals surface area contributed by atoms with E-state index >= 15 is 0 Å². The van der Waals surface area contributed by atoms with Gasteiger partial charge in [-0.1, -0.05) is 49.4 Å². The number of nitrogens with one attached hydrogen (secondary N) is 1. The van der Waals surface area contributed by atoms with Gasteiger partial charge in [0, 0.05) is 23.0 Å². The van der Waals surface area contributed by atoms with Gasteiger partial charge in [-0.15, -0.1) is 0 Å². The van der Waals surface area contributed by atoms with Crippen LogP contribution in [0, 0.1) is 0 Å². The second kappa shape index (κ2) is 5.45. The maximum Gasteiger partial charge on any atom is 0.137 e. The lowest BCUT2D eigenvalue weighted by atomic mass is 9.98. The average molecular weight is 326 g/mol. The molecule has 1 atom stereocenters. The molecule has 0 amide bonds. The molecule has 4 heteroatoms. The number of anilines is 1. The van der Waals surface area contributed by atoms with Crippen molar-refractivity contribution in [2.45, 2.75) is 19.4 Å². The summed E-state index contributed by atoms with van der Waals surface area (Å²) in [7, 11) is 0. The van der Waals surface area contributed by atoms with Crippen LogP contribution >= 0.6 is 0 Å². The van der Waals surface area contributed by atoms with Gasteiger partial charge < -0.3 is 5.32 Å². The highest BCUT2D eigenvalue weighted by atomic mass is 15.2. The largest absolute Gasteiger partial charge is 0.374 e. The third-order valence-corrected chi connectivity index (χ3v) is 5.00. The summed E-state index contributed by atoms with van der Waals surface area (Å²) in [6.45, 7) is 2.18. The first-order valence-corrected chi connectivity index (χ1v) is 8.62. The number of para-hydroxylation sites is 1. The Morgan fingerprint density at radius 3 is 2.72 bits per heavy atom. The maximum atomic E-state index is 4.59. The van der Waals surface area contributed by atoms with Crippen LogP contribution in [-0.4, -0.2) is 14.6 Å². The summed E-state index contributed by atoms with van der Waals surface area (Å²) >= 11 is 0. The van der Waals surface area contributed by atoms with Crippen molar-refractivity contribution in [3.8, 4) is 11.3 Å². The molecule has 0 saturated carbocycles. The van der Waals surface area contributed by atoms with Crippen LogP contribution in [0.2, 0.25) is 0 Å². The standard InChI is InChI=1S/C21H18N4/c1-2-14-7-9-15(10-8-14)19-17-11-12-25-21(17)20(22-13-23-25)16-5-3-4-6-18(16)24-19/h3-13,19,24H,2H2,1H3. The molecule has 0 aliphatic carbocycles.